The van der Waals surface area contributed by atoms with Crippen LogP contribution >= 0.6 is 11.6 Å². The molecule has 0 fully saturated rings. The van der Waals surface area contributed by atoms with E-state index in [0.717, 1.165) is 27.8 Å². The van der Waals surface area contributed by atoms with Gasteiger partial charge in [0, 0.05) is 17.8 Å². The lowest BCUT2D eigenvalue weighted by Crippen LogP contribution is -2.33. The second kappa shape index (κ2) is 11.9. The van der Waals surface area contributed by atoms with Gasteiger partial charge in [0.1, 0.15) is 11.5 Å². The molecule has 1 atom stereocenters. The first kappa shape index (κ1) is 25.0. The third kappa shape index (κ3) is 6.60. The summed E-state index contributed by atoms with van der Waals surface area (Å²) in [5.74, 6) is -0.0388. The summed E-state index contributed by atoms with van der Waals surface area (Å²) >= 11 is 3.97. The number of rotatable bonds is 12. The summed E-state index contributed by atoms with van der Waals surface area (Å²) in [7, 11) is 0. The molecule has 2 amide bonds. The van der Waals surface area contributed by atoms with Crippen molar-refractivity contribution in [2.45, 2.75) is 46.6 Å². The molecule has 31 heavy (non-hydrogen) atoms. The van der Waals surface area contributed by atoms with Crippen molar-refractivity contribution in [3.8, 4) is 0 Å². The van der Waals surface area contributed by atoms with Gasteiger partial charge in [-0.2, -0.15) is 5.06 Å². The number of imidazole rings is 1. The SMILES string of the molecule is CCCCCN(C(=O)c1cn(Cc2ccc(N(C=O)OCC)cc2Cl)c(C)n1)S(=O)O. The summed E-state index contributed by atoms with van der Waals surface area (Å²) < 4.78 is 23.8. The fourth-order valence-corrected chi connectivity index (χ4v) is 3.70. The summed E-state index contributed by atoms with van der Waals surface area (Å²) in [4.78, 5) is 33.3. The maximum absolute atomic E-state index is 12.7. The van der Waals surface area contributed by atoms with E-state index in [1.54, 1.807) is 42.8 Å². The van der Waals surface area contributed by atoms with E-state index < -0.39 is 17.2 Å². The van der Waals surface area contributed by atoms with Crippen LogP contribution in [0.1, 0.15) is 55.0 Å². The third-order valence-electron chi connectivity index (χ3n) is 4.57. The van der Waals surface area contributed by atoms with E-state index in [-0.39, 0.29) is 12.2 Å². The number of hydrogen-bond donors (Lipinski definition) is 1. The molecule has 0 saturated heterocycles. The second-order valence-corrected chi connectivity index (χ2v) is 8.08. The first-order valence-corrected chi connectivity index (χ1v) is 11.4. The van der Waals surface area contributed by atoms with Gasteiger partial charge >= 0.3 is 0 Å². The lowest BCUT2D eigenvalue weighted by molar-refractivity contribution is -0.113. The molecule has 0 spiro atoms. The summed E-state index contributed by atoms with van der Waals surface area (Å²) in [6, 6.07) is 5.07. The van der Waals surface area contributed by atoms with Crippen LogP contribution in [-0.2, 0) is 27.4 Å². The number of hydroxylamine groups is 1. The predicted octanol–water partition coefficient (Wildman–Crippen LogP) is 3.58. The normalized spacial score (nSPS) is 11.9. The average Bonchev–Trinajstić information content (AvgIpc) is 3.10. The smallest absolute Gasteiger partial charge is 0.287 e. The molecule has 1 N–H and O–H groups in total. The van der Waals surface area contributed by atoms with Gasteiger partial charge in [-0.1, -0.05) is 37.4 Å². The Kier molecular flexibility index (Phi) is 9.63. The maximum atomic E-state index is 12.7. The van der Waals surface area contributed by atoms with E-state index >= 15 is 0 Å². The lowest BCUT2D eigenvalue weighted by atomic mass is 10.2. The number of nitrogens with zero attached hydrogens (tertiary/aromatic N) is 4. The highest BCUT2D eigenvalue weighted by Crippen LogP contribution is 2.25. The van der Waals surface area contributed by atoms with Gasteiger partial charge in [-0.15, -0.1) is 0 Å². The molecule has 0 saturated carbocycles. The van der Waals surface area contributed by atoms with Crippen molar-refractivity contribution in [1.29, 1.82) is 0 Å². The van der Waals surface area contributed by atoms with E-state index in [1.165, 1.54) is 0 Å². The topological polar surface area (TPSA) is 105 Å². The largest absolute Gasteiger partial charge is 0.330 e. The monoisotopic (exact) mass is 470 g/mol. The maximum Gasteiger partial charge on any atom is 0.287 e. The van der Waals surface area contributed by atoms with Crippen LogP contribution in [0.3, 0.4) is 0 Å². The third-order valence-corrected chi connectivity index (χ3v) is 5.65. The number of amides is 2. The predicted molar refractivity (Wildman–Crippen MR) is 119 cm³/mol. The van der Waals surface area contributed by atoms with Crippen LogP contribution in [-0.4, -0.2) is 48.1 Å². The molecule has 1 unspecified atom stereocenters. The molecule has 1 aromatic heterocycles. The fourth-order valence-electron chi connectivity index (χ4n) is 2.95. The summed E-state index contributed by atoms with van der Waals surface area (Å²) in [5.41, 5.74) is 1.34. The van der Waals surface area contributed by atoms with Crippen molar-refractivity contribution in [1.82, 2.24) is 13.9 Å². The van der Waals surface area contributed by atoms with Gasteiger partial charge in [-0.3, -0.25) is 19.0 Å². The zero-order valence-corrected chi connectivity index (χ0v) is 19.4. The second-order valence-electron chi connectivity index (χ2n) is 6.77. The Hall–Kier alpha value is -2.27. The van der Waals surface area contributed by atoms with Crippen molar-refractivity contribution in [3.63, 3.8) is 0 Å². The molecule has 9 nitrogen and oxygen atoms in total. The molecule has 0 aliphatic carbocycles. The van der Waals surface area contributed by atoms with Crippen LogP contribution in [0, 0.1) is 6.92 Å². The van der Waals surface area contributed by atoms with Gasteiger partial charge in [-0.25, -0.2) is 13.5 Å². The summed E-state index contributed by atoms with van der Waals surface area (Å²) in [6.07, 6.45) is 4.52. The highest BCUT2D eigenvalue weighted by atomic mass is 35.5. The van der Waals surface area contributed by atoms with Gasteiger partial charge in [0.05, 0.1) is 18.8 Å². The molecular formula is C20H27ClN4O5S. The Morgan fingerprint density at radius 1 is 1.35 bits per heavy atom. The Bertz CT molecular complexity index is 936. The quantitative estimate of drug-likeness (QED) is 0.220. The van der Waals surface area contributed by atoms with Gasteiger partial charge < -0.3 is 4.57 Å². The first-order valence-electron chi connectivity index (χ1n) is 9.94. The molecule has 0 radical (unpaired) electrons. The Labute approximate surface area is 189 Å². The molecule has 2 rings (SSSR count). The van der Waals surface area contributed by atoms with E-state index in [4.69, 9.17) is 16.4 Å². The number of carbonyl (C=O) groups excluding carboxylic acids is 2. The standard InChI is InChI=1S/C20H27ClN4O5S/c1-4-6-7-10-25(31(28)29)20(27)19-13-23(15(3)22-19)12-16-8-9-17(11-18(16)21)24(14-26)30-5-2/h8-9,11,13-14H,4-7,10,12H2,1-3H3,(H,28,29). The molecule has 0 bridgehead atoms. The van der Waals surface area contributed by atoms with Crippen LogP contribution in [0.25, 0.3) is 0 Å². The molecular weight excluding hydrogens is 444 g/mol. The zero-order chi connectivity index (χ0) is 23.0. The van der Waals surface area contributed by atoms with Crippen LogP contribution in [0.4, 0.5) is 5.69 Å². The number of halogens is 1. The van der Waals surface area contributed by atoms with Crippen molar-refractivity contribution >= 4 is 40.9 Å². The van der Waals surface area contributed by atoms with Gasteiger partial charge in [0.2, 0.25) is 6.41 Å². The van der Waals surface area contributed by atoms with Crippen molar-refractivity contribution < 1.29 is 23.2 Å². The number of aromatic nitrogens is 2. The Balaban J connectivity index is 2.20. The Morgan fingerprint density at radius 3 is 2.68 bits per heavy atom. The van der Waals surface area contributed by atoms with E-state index in [1.807, 2.05) is 6.92 Å². The summed E-state index contributed by atoms with van der Waals surface area (Å²) in [6.45, 7) is 6.36. The summed E-state index contributed by atoms with van der Waals surface area (Å²) in [5, 5.41) is 1.51. The highest BCUT2D eigenvalue weighted by Gasteiger charge is 2.23. The van der Waals surface area contributed by atoms with Gasteiger partial charge in [0.25, 0.3) is 17.2 Å². The van der Waals surface area contributed by atoms with Crippen LogP contribution in [0.5, 0.6) is 0 Å². The number of aryl methyl sites for hydroxylation is 1. The van der Waals surface area contributed by atoms with E-state index in [9.17, 15) is 18.4 Å². The number of unbranched alkanes of at least 4 members (excludes halogenated alkanes) is 2. The molecule has 2 aromatic rings. The molecule has 11 heteroatoms. The molecule has 0 aliphatic heterocycles. The van der Waals surface area contributed by atoms with Crippen LogP contribution < -0.4 is 5.06 Å². The van der Waals surface area contributed by atoms with Gasteiger partial charge in [-0.05, 0) is 38.0 Å². The first-order chi connectivity index (χ1) is 14.8. The van der Waals surface area contributed by atoms with Crippen molar-refractivity contribution in [2.24, 2.45) is 0 Å². The highest BCUT2D eigenvalue weighted by molar-refractivity contribution is 7.77. The van der Waals surface area contributed by atoms with Gasteiger partial charge in [0.15, 0.2) is 0 Å². The number of hydrogen-bond acceptors (Lipinski definition) is 5. The minimum absolute atomic E-state index is 0.0904. The lowest BCUT2D eigenvalue weighted by Gasteiger charge is -2.17. The molecule has 170 valence electrons. The molecule has 1 aromatic carbocycles. The zero-order valence-electron chi connectivity index (χ0n) is 17.8. The number of anilines is 1. The van der Waals surface area contributed by atoms with Crippen LogP contribution in [0.15, 0.2) is 24.4 Å². The minimum Gasteiger partial charge on any atom is -0.330 e. The fraction of sp³-hybridized carbons (Fsp3) is 0.450. The Morgan fingerprint density at radius 2 is 2.10 bits per heavy atom. The molecule has 0 aliphatic rings. The number of carbonyl (C=O) groups is 2. The van der Waals surface area contributed by atoms with Crippen molar-refractivity contribution in [2.75, 3.05) is 18.2 Å². The number of benzene rings is 1. The minimum atomic E-state index is -2.42. The average molecular weight is 471 g/mol. The van der Waals surface area contributed by atoms with E-state index in [2.05, 4.69) is 4.98 Å². The van der Waals surface area contributed by atoms with Crippen LogP contribution in [0.2, 0.25) is 5.02 Å². The van der Waals surface area contributed by atoms with E-state index in [0.29, 0.717) is 42.5 Å². The molecule has 1 heterocycles. The van der Waals surface area contributed by atoms with Crippen molar-refractivity contribution in [3.05, 3.63) is 46.5 Å².